The van der Waals surface area contributed by atoms with E-state index in [1.54, 1.807) is 0 Å². The maximum Gasteiger partial charge on any atom is 0.0666 e. The molecule has 0 amide bonds. The van der Waals surface area contributed by atoms with Crippen LogP contribution in [0.1, 0.15) is 26.2 Å². The number of hydrogen-bond donors (Lipinski definition) is 0. The second kappa shape index (κ2) is 5.12. The highest BCUT2D eigenvalue weighted by Gasteiger charge is 2.02. The summed E-state index contributed by atoms with van der Waals surface area (Å²) in [6.07, 6.45) is 2.22. The Morgan fingerprint density at radius 1 is 1.44 bits per heavy atom. The second-order valence-corrected chi connectivity index (χ2v) is 1.98. The molecule has 9 heavy (non-hydrogen) atoms. The van der Waals surface area contributed by atoms with Gasteiger partial charge in [0.1, 0.15) is 0 Å². The molecule has 0 radical (unpaired) electrons. The summed E-state index contributed by atoms with van der Waals surface area (Å²) in [5, 5.41) is 16.6. The monoisotopic (exact) mass is 122 g/mol. The van der Waals surface area contributed by atoms with Crippen LogP contribution in [0.15, 0.2) is 0 Å². The van der Waals surface area contributed by atoms with Crippen LogP contribution in [0.4, 0.5) is 0 Å². The lowest BCUT2D eigenvalue weighted by atomic mass is 10.0. The Kier molecular flexibility index (Phi) is 4.54. The summed E-state index contributed by atoms with van der Waals surface area (Å²) in [5.41, 5.74) is 0. The lowest BCUT2D eigenvalue weighted by molar-refractivity contribution is 0.605. The van der Waals surface area contributed by atoms with Gasteiger partial charge in [-0.2, -0.15) is 10.5 Å². The van der Waals surface area contributed by atoms with Gasteiger partial charge in [-0.25, -0.2) is 0 Å². The van der Waals surface area contributed by atoms with E-state index in [1.807, 2.05) is 13.0 Å². The molecule has 0 heterocycles. The lowest BCUT2D eigenvalue weighted by Gasteiger charge is -1.97. The standard InChI is InChI=1S/C7H10N2/c1-2-3-7(6-9)4-5-8/h7H,2-4H2,1H3. The molecule has 0 saturated carbocycles. The van der Waals surface area contributed by atoms with Crippen LogP contribution in [0.2, 0.25) is 0 Å². The van der Waals surface area contributed by atoms with Crippen LogP contribution in [-0.2, 0) is 0 Å². The Labute approximate surface area is 55.7 Å². The summed E-state index contributed by atoms with van der Waals surface area (Å²) < 4.78 is 0. The van der Waals surface area contributed by atoms with Crippen molar-refractivity contribution in [2.75, 3.05) is 0 Å². The third kappa shape index (κ3) is 3.55. The van der Waals surface area contributed by atoms with Crippen molar-refractivity contribution in [3.05, 3.63) is 0 Å². The van der Waals surface area contributed by atoms with Gasteiger partial charge in [-0.1, -0.05) is 13.3 Å². The average molecular weight is 122 g/mol. The summed E-state index contributed by atoms with van der Waals surface area (Å²) in [6.45, 7) is 2.02. The Hall–Kier alpha value is -1.02. The van der Waals surface area contributed by atoms with E-state index in [9.17, 15) is 0 Å². The fourth-order valence-electron chi connectivity index (χ4n) is 0.671. The Morgan fingerprint density at radius 3 is 2.44 bits per heavy atom. The zero-order valence-electron chi connectivity index (χ0n) is 5.59. The molecule has 48 valence electrons. The number of nitrogens with zero attached hydrogens (tertiary/aromatic N) is 2. The van der Waals surface area contributed by atoms with Gasteiger partial charge in [0.05, 0.1) is 24.5 Å². The van der Waals surface area contributed by atoms with Crippen LogP contribution in [-0.4, -0.2) is 0 Å². The third-order valence-electron chi connectivity index (χ3n) is 1.16. The fraction of sp³-hybridized carbons (Fsp3) is 0.714. The van der Waals surface area contributed by atoms with Crippen molar-refractivity contribution < 1.29 is 0 Å². The molecule has 0 aromatic rings. The highest BCUT2D eigenvalue weighted by molar-refractivity contribution is 4.89. The van der Waals surface area contributed by atoms with Crippen molar-refractivity contribution in [3.63, 3.8) is 0 Å². The topological polar surface area (TPSA) is 47.6 Å². The van der Waals surface area contributed by atoms with Crippen molar-refractivity contribution in [1.29, 1.82) is 10.5 Å². The van der Waals surface area contributed by atoms with Crippen molar-refractivity contribution >= 4 is 0 Å². The minimum atomic E-state index is -0.0417. The smallest absolute Gasteiger partial charge is 0.0666 e. The van der Waals surface area contributed by atoms with Gasteiger partial charge >= 0.3 is 0 Å². The molecule has 0 aliphatic heterocycles. The van der Waals surface area contributed by atoms with E-state index in [2.05, 4.69) is 6.07 Å². The van der Waals surface area contributed by atoms with Crippen LogP contribution >= 0.6 is 0 Å². The van der Waals surface area contributed by atoms with Gasteiger partial charge in [-0.15, -0.1) is 0 Å². The molecule has 0 rings (SSSR count). The number of hydrogen-bond acceptors (Lipinski definition) is 2. The molecular weight excluding hydrogens is 112 g/mol. The van der Waals surface area contributed by atoms with Gasteiger partial charge in [-0.05, 0) is 6.42 Å². The van der Waals surface area contributed by atoms with Gasteiger partial charge < -0.3 is 0 Å². The van der Waals surface area contributed by atoms with E-state index in [0.29, 0.717) is 6.42 Å². The van der Waals surface area contributed by atoms with Crippen LogP contribution in [0.25, 0.3) is 0 Å². The van der Waals surface area contributed by atoms with E-state index in [1.165, 1.54) is 0 Å². The highest BCUT2D eigenvalue weighted by Crippen LogP contribution is 2.07. The predicted molar refractivity (Wildman–Crippen MR) is 34.2 cm³/mol. The molecule has 2 heteroatoms. The van der Waals surface area contributed by atoms with Crippen LogP contribution < -0.4 is 0 Å². The minimum absolute atomic E-state index is 0.0417. The largest absolute Gasteiger partial charge is 0.198 e. The molecule has 0 saturated heterocycles. The van der Waals surface area contributed by atoms with Gasteiger partial charge in [0.15, 0.2) is 0 Å². The normalized spacial score (nSPS) is 11.4. The molecule has 0 bridgehead atoms. The summed E-state index contributed by atoms with van der Waals surface area (Å²) in [7, 11) is 0. The molecule has 0 fully saturated rings. The SMILES string of the molecule is CCCC(C#N)CC#N. The Bertz CT molecular complexity index is 138. The van der Waals surface area contributed by atoms with Crippen LogP contribution in [0.5, 0.6) is 0 Å². The van der Waals surface area contributed by atoms with Crippen molar-refractivity contribution in [2.45, 2.75) is 26.2 Å². The first-order valence-corrected chi connectivity index (χ1v) is 3.11. The molecule has 0 aromatic carbocycles. The molecule has 0 spiro atoms. The van der Waals surface area contributed by atoms with E-state index in [4.69, 9.17) is 10.5 Å². The summed E-state index contributed by atoms with van der Waals surface area (Å²) >= 11 is 0. The summed E-state index contributed by atoms with van der Waals surface area (Å²) in [4.78, 5) is 0. The molecule has 1 atom stereocenters. The molecule has 0 N–H and O–H groups in total. The van der Waals surface area contributed by atoms with Gasteiger partial charge in [0.2, 0.25) is 0 Å². The maximum absolute atomic E-state index is 8.39. The first kappa shape index (κ1) is 7.98. The summed E-state index contributed by atoms with van der Waals surface area (Å²) in [6, 6.07) is 4.06. The molecular formula is C7H10N2. The number of rotatable bonds is 3. The Morgan fingerprint density at radius 2 is 2.11 bits per heavy atom. The Balaban J connectivity index is 3.48. The van der Waals surface area contributed by atoms with Gasteiger partial charge in [0, 0.05) is 0 Å². The maximum atomic E-state index is 8.39. The fourth-order valence-corrected chi connectivity index (χ4v) is 0.671. The molecule has 0 aliphatic rings. The second-order valence-electron chi connectivity index (χ2n) is 1.98. The highest BCUT2D eigenvalue weighted by atomic mass is 14.3. The van der Waals surface area contributed by atoms with Crippen molar-refractivity contribution in [2.24, 2.45) is 5.92 Å². The predicted octanol–water partition coefficient (Wildman–Crippen LogP) is 1.84. The van der Waals surface area contributed by atoms with Crippen molar-refractivity contribution in [1.82, 2.24) is 0 Å². The molecule has 1 unspecified atom stereocenters. The van der Waals surface area contributed by atoms with Gasteiger partial charge in [0.25, 0.3) is 0 Å². The molecule has 0 aliphatic carbocycles. The number of nitriles is 2. The first-order valence-electron chi connectivity index (χ1n) is 3.11. The van der Waals surface area contributed by atoms with Gasteiger partial charge in [-0.3, -0.25) is 0 Å². The van der Waals surface area contributed by atoms with Crippen LogP contribution in [0, 0.1) is 28.6 Å². The van der Waals surface area contributed by atoms with E-state index < -0.39 is 0 Å². The minimum Gasteiger partial charge on any atom is -0.198 e. The van der Waals surface area contributed by atoms with E-state index in [0.717, 1.165) is 12.8 Å². The lowest BCUT2D eigenvalue weighted by Crippen LogP contribution is -1.93. The molecule has 0 aromatic heterocycles. The quantitative estimate of drug-likeness (QED) is 0.573. The first-order chi connectivity index (χ1) is 4.35. The molecule has 2 nitrogen and oxygen atoms in total. The van der Waals surface area contributed by atoms with E-state index >= 15 is 0 Å². The zero-order chi connectivity index (χ0) is 7.11. The average Bonchev–Trinajstić information content (AvgIpc) is 1.88. The zero-order valence-corrected chi connectivity index (χ0v) is 5.59. The summed E-state index contributed by atoms with van der Waals surface area (Å²) in [5.74, 6) is -0.0417. The van der Waals surface area contributed by atoms with Crippen molar-refractivity contribution in [3.8, 4) is 12.1 Å². The van der Waals surface area contributed by atoms with Crippen LogP contribution in [0.3, 0.4) is 0 Å². The van der Waals surface area contributed by atoms with E-state index in [-0.39, 0.29) is 5.92 Å². The third-order valence-corrected chi connectivity index (χ3v) is 1.16.